The minimum atomic E-state index is -0.533. The average Bonchev–Trinajstić information content (AvgIpc) is 3.12. The summed E-state index contributed by atoms with van der Waals surface area (Å²) in [5.41, 5.74) is 10.00. The van der Waals surface area contributed by atoms with E-state index >= 15 is 0 Å². The number of allylic oxidation sites excluding steroid dienone is 3. The standard InChI is InChI=1S/C26H29N3O3S/c1-6-33-25-18(11-15(2)32-25)22-19(14-27)24(28)29(16-7-9-17(31-5)10-8-16)20-12-26(3,4)13-21(30)23(20)22/h7-11,22H,6,12-13,28H2,1-5H3. The molecular formula is C26H29N3O3S. The summed E-state index contributed by atoms with van der Waals surface area (Å²) in [6.45, 7) is 8.12. The molecule has 6 nitrogen and oxygen atoms in total. The molecule has 0 amide bonds. The molecule has 0 fully saturated rings. The summed E-state index contributed by atoms with van der Waals surface area (Å²) in [6, 6.07) is 11.8. The van der Waals surface area contributed by atoms with Gasteiger partial charge < -0.3 is 14.9 Å². The summed E-state index contributed by atoms with van der Waals surface area (Å²) in [7, 11) is 1.62. The number of benzene rings is 1. The average molecular weight is 464 g/mol. The van der Waals surface area contributed by atoms with Gasteiger partial charge in [-0.15, -0.1) is 0 Å². The number of methoxy groups -OCH3 is 1. The predicted octanol–water partition coefficient (Wildman–Crippen LogP) is 5.65. The molecule has 7 heteroatoms. The molecule has 172 valence electrons. The third-order valence-corrected chi connectivity index (χ3v) is 7.02. The number of carbonyl (C=O) groups excluding carboxylic acids is 1. The lowest BCUT2D eigenvalue weighted by Crippen LogP contribution is -2.42. The van der Waals surface area contributed by atoms with Crippen molar-refractivity contribution in [1.29, 1.82) is 5.26 Å². The maximum Gasteiger partial charge on any atom is 0.164 e. The van der Waals surface area contributed by atoms with Gasteiger partial charge in [0.25, 0.3) is 0 Å². The Morgan fingerprint density at radius 3 is 2.61 bits per heavy atom. The second kappa shape index (κ2) is 8.68. The van der Waals surface area contributed by atoms with Crippen LogP contribution in [-0.2, 0) is 4.79 Å². The normalized spacial score (nSPS) is 20.1. The Hall–Kier alpha value is -3.11. The highest BCUT2D eigenvalue weighted by molar-refractivity contribution is 7.99. The third-order valence-electron chi connectivity index (χ3n) is 6.15. The van der Waals surface area contributed by atoms with Crippen molar-refractivity contribution in [2.45, 2.75) is 51.5 Å². The number of thioether (sulfide) groups is 1. The zero-order valence-corrected chi connectivity index (χ0v) is 20.5. The van der Waals surface area contributed by atoms with Gasteiger partial charge in [-0.25, -0.2) is 0 Å². The molecule has 1 atom stereocenters. The van der Waals surface area contributed by atoms with Crippen molar-refractivity contribution in [1.82, 2.24) is 0 Å². The lowest BCUT2D eigenvalue weighted by atomic mass is 9.69. The van der Waals surface area contributed by atoms with Crippen LogP contribution in [0.4, 0.5) is 5.69 Å². The first-order valence-corrected chi connectivity index (χ1v) is 12.0. The Morgan fingerprint density at radius 2 is 2.00 bits per heavy atom. The van der Waals surface area contributed by atoms with Crippen molar-refractivity contribution >= 4 is 23.2 Å². The summed E-state index contributed by atoms with van der Waals surface area (Å²) in [5.74, 6) is 2.16. The quantitative estimate of drug-likeness (QED) is 0.573. The number of ketones is 1. The fourth-order valence-electron chi connectivity index (χ4n) is 4.80. The van der Waals surface area contributed by atoms with Crippen molar-refractivity contribution in [3.8, 4) is 11.8 Å². The van der Waals surface area contributed by atoms with Gasteiger partial charge in [0.1, 0.15) is 17.3 Å². The molecule has 1 aromatic heterocycles. The fraction of sp³-hybridized carbons (Fsp3) is 0.385. The molecule has 1 aromatic carbocycles. The lowest BCUT2D eigenvalue weighted by molar-refractivity contribution is -0.118. The van der Waals surface area contributed by atoms with Gasteiger partial charge in [0, 0.05) is 28.9 Å². The predicted molar refractivity (Wildman–Crippen MR) is 130 cm³/mol. The molecule has 0 spiro atoms. The van der Waals surface area contributed by atoms with E-state index in [0.29, 0.717) is 29.8 Å². The van der Waals surface area contributed by atoms with E-state index < -0.39 is 5.92 Å². The second-order valence-electron chi connectivity index (χ2n) is 9.21. The number of carbonyl (C=O) groups is 1. The van der Waals surface area contributed by atoms with Crippen LogP contribution >= 0.6 is 11.8 Å². The van der Waals surface area contributed by atoms with Crippen LogP contribution in [0.25, 0.3) is 0 Å². The zero-order chi connectivity index (χ0) is 23.9. The molecule has 4 rings (SSSR count). The maximum atomic E-state index is 13.6. The number of anilines is 1. The highest BCUT2D eigenvalue weighted by atomic mass is 32.2. The number of nitriles is 1. The van der Waals surface area contributed by atoms with E-state index in [4.69, 9.17) is 14.9 Å². The summed E-state index contributed by atoms with van der Waals surface area (Å²) in [4.78, 5) is 15.5. The Bertz CT molecular complexity index is 1200. The number of furan rings is 1. The molecule has 0 saturated carbocycles. The Labute approximate surface area is 199 Å². The topological polar surface area (TPSA) is 92.5 Å². The van der Waals surface area contributed by atoms with Gasteiger partial charge >= 0.3 is 0 Å². The first-order chi connectivity index (χ1) is 15.7. The second-order valence-corrected chi connectivity index (χ2v) is 10.4. The number of nitrogens with zero attached hydrogens (tertiary/aromatic N) is 2. The Kier molecular flexibility index (Phi) is 6.06. The van der Waals surface area contributed by atoms with Crippen LogP contribution in [0.3, 0.4) is 0 Å². The van der Waals surface area contributed by atoms with Crippen molar-refractivity contribution in [2.75, 3.05) is 17.8 Å². The molecule has 1 aliphatic carbocycles. The van der Waals surface area contributed by atoms with Crippen molar-refractivity contribution in [2.24, 2.45) is 11.1 Å². The molecule has 2 aliphatic rings. The molecule has 2 aromatic rings. The van der Waals surface area contributed by atoms with Gasteiger partial charge in [0.05, 0.1) is 24.7 Å². The van der Waals surface area contributed by atoms with E-state index in [1.165, 1.54) is 0 Å². The molecule has 1 aliphatic heterocycles. The van der Waals surface area contributed by atoms with Crippen LogP contribution in [0.1, 0.15) is 50.9 Å². The summed E-state index contributed by atoms with van der Waals surface area (Å²) in [5, 5.41) is 11.0. The summed E-state index contributed by atoms with van der Waals surface area (Å²) < 4.78 is 11.3. The molecule has 0 radical (unpaired) electrons. The van der Waals surface area contributed by atoms with E-state index in [1.54, 1.807) is 18.9 Å². The van der Waals surface area contributed by atoms with Crippen LogP contribution in [0, 0.1) is 23.7 Å². The monoisotopic (exact) mass is 463 g/mol. The first-order valence-electron chi connectivity index (χ1n) is 11.0. The molecule has 2 N–H and O–H groups in total. The number of rotatable bonds is 5. The summed E-state index contributed by atoms with van der Waals surface area (Å²) in [6.07, 6.45) is 1.09. The van der Waals surface area contributed by atoms with Gasteiger partial charge in [-0.05, 0) is 54.8 Å². The number of hydrogen-bond acceptors (Lipinski definition) is 7. The van der Waals surface area contributed by atoms with E-state index in [2.05, 4.69) is 19.9 Å². The van der Waals surface area contributed by atoms with Crippen molar-refractivity contribution in [3.05, 3.63) is 64.3 Å². The minimum Gasteiger partial charge on any atom is -0.497 e. The lowest BCUT2D eigenvalue weighted by Gasteiger charge is -2.43. The van der Waals surface area contributed by atoms with E-state index in [1.807, 2.05) is 49.1 Å². The molecule has 2 heterocycles. The van der Waals surface area contributed by atoms with E-state index in [9.17, 15) is 10.1 Å². The number of hydrogen-bond donors (Lipinski definition) is 1. The third kappa shape index (κ3) is 4.04. The highest BCUT2D eigenvalue weighted by Crippen LogP contribution is 2.51. The molecule has 33 heavy (non-hydrogen) atoms. The van der Waals surface area contributed by atoms with Crippen molar-refractivity contribution < 1.29 is 13.9 Å². The SMILES string of the molecule is CCSc1oc(C)cc1C1C(C#N)=C(N)N(c2ccc(OC)cc2)C2=C1C(=O)CC(C)(C)C2. The van der Waals surface area contributed by atoms with Crippen molar-refractivity contribution in [3.63, 3.8) is 0 Å². The molecule has 0 bridgehead atoms. The fourth-order valence-corrected chi connectivity index (χ4v) is 5.60. The van der Waals surface area contributed by atoms with E-state index in [-0.39, 0.29) is 11.2 Å². The van der Waals surface area contributed by atoms with Gasteiger partial charge in [-0.2, -0.15) is 5.26 Å². The zero-order valence-electron chi connectivity index (χ0n) is 19.7. The number of Topliss-reactive ketones (excluding diaryl/α,β-unsaturated/α-hetero) is 1. The van der Waals surface area contributed by atoms with Crippen LogP contribution in [0.2, 0.25) is 0 Å². The van der Waals surface area contributed by atoms with Crippen LogP contribution in [0.15, 0.2) is 62.5 Å². The highest BCUT2D eigenvalue weighted by Gasteiger charge is 2.45. The number of ether oxygens (including phenoxy) is 1. The first kappa shape index (κ1) is 23.1. The minimum absolute atomic E-state index is 0.0521. The van der Waals surface area contributed by atoms with E-state index in [0.717, 1.165) is 39.3 Å². The maximum absolute atomic E-state index is 13.6. The van der Waals surface area contributed by atoms with Crippen LogP contribution < -0.4 is 15.4 Å². The largest absolute Gasteiger partial charge is 0.497 e. The van der Waals surface area contributed by atoms with Crippen LogP contribution in [-0.4, -0.2) is 18.6 Å². The van der Waals surface area contributed by atoms with Gasteiger partial charge in [0.15, 0.2) is 10.9 Å². The molecule has 1 unspecified atom stereocenters. The van der Waals surface area contributed by atoms with Gasteiger partial charge in [-0.3, -0.25) is 9.69 Å². The molecule has 0 saturated heterocycles. The molecular weight excluding hydrogens is 434 g/mol. The van der Waals surface area contributed by atoms with Gasteiger partial charge in [0.2, 0.25) is 0 Å². The Balaban J connectivity index is 1.98. The van der Waals surface area contributed by atoms with Crippen LogP contribution in [0.5, 0.6) is 5.75 Å². The Morgan fingerprint density at radius 1 is 1.30 bits per heavy atom. The smallest absolute Gasteiger partial charge is 0.164 e. The number of nitrogens with two attached hydrogens (primary N) is 1. The van der Waals surface area contributed by atoms with Gasteiger partial charge in [-0.1, -0.05) is 32.5 Å². The summed E-state index contributed by atoms with van der Waals surface area (Å²) >= 11 is 1.57. The number of aryl methyl sites for hydroxylation is 1.